The number of fused-ring (bicyclic) bond motifs is 1. The molecule has 9 amide bonds. The van der Waals surface area contributed by atoms with Gasteiger partial charge in [0.15, 0.2) is 5.96 Å². The first kappa shape index (κ1) is 87.1. The Morgan fingerprint density at radius 3 is 1.50 bits per heavy atom. The molecule has 2 aliphatic rings. The number of phenols is 1. The molecule has 3 aromatic carbocycles. The van der Waals surface area contributed by atoms with E-state index in [1.165, 1.54) is 24.3 Å². The normalized spacial score (nSPS) is 16.4. The number of benzene rings is 3. The van der Waals surface area contributed by atoms with Crippen LogP contribution in [0.1, 0.15) is 94.7 Å². The van der Waals surface area contributed by atoms with Crippen molar-refractivity contribution in [1.82, 2.24) is 72.9 Å². The van der Waals surface area contributed by atoms with Gasteiger partial charge in [-0.05, 0) is 72.4 Å². The highest BCUT2D eigenvalue weighted by atomic mass is 16.4. The smallest absolute Gasteiger partial charge is 0.328 e. The molecule has 1 aliphatic heterocycles. The van der Waals surface area contributed by atoms with Gasteiger partial charge in [-0.3, -0.25) is 77.6 Å². The third-order valence-corrected chi connectivity index (χ3v) is 18.8. The highest BCUT2D eigenvalue weighted by Gasteiger charge is 2.38. The number of hydrogen-bond donors (Lipinski definition) is 20. The summed E-state index contributed by atoms with van der Waals surface area (Å²) in [6, 6.07) is 8.24. The van der Waals surface area contributed by atoms with E-state index in [4.69, 9.17) is 11.1 Å². The molecular formula is C73H104N16O20. The molecule has 2 heterocycles. The number of carboxylic acid groups (broad SMARTS) is 4. The first-order valence-corrected chi connectivity index (χ1v) is 36.4. The number of nitrogens with zero attached hydrogens (tertiary/aromatic N) is 3. The number of guanidine groups is 1. The molecule has 0 radical (unpaired) electrons. The number of aromatic nitrogens is 1. The Bertz CT molecular complexity index is 3720. The van der Waals surface area contributed by atoms with Crippen molar-refractivity contribution in [3.8, 4) is 5.75 Å². The number of aliphatic hydroxyl groups is 2. The molecule has 2 fully saturated rings. The third-order valence-electron chi connectivity index (χ3n) is 18.8. The van der Waals surface area contributed by atoms with Crippen LogP contribution in [0.3, 0.4) is 0 Å². The number of aromatic amines is 1. The number of nitrogens with two attached hydrogens (primary N) is 1. The lowest BCUT2D eigenvalue weighted by atomic mass is 9.84. The summed E-state index contributed by atoms with van der Waals surface area (Å²) in [5.74, 6) is -16.1. The zero-order chi connectivity index (χ0) is 79.7. The number of phenolic OH excluding ortho intramolecular Hbond substituents is 1. The molecule has 1 saturated carbocycles. The number of carboxylic acids is 4. The monoisotopic (exact) mass is 1520 g/mol. The molecule has 0 bridgehead atoms. The summed E-state index contributed by atoms with van der Waals surface area (Å²) in [5, 5.41) is 104. The second-order valence-corrected chi connectivity index (χ2v) is 27.9. The van der Waals surface area contributed by atoms with Gasteiger partial charge < -0.3 is 99.6 Å². The number of aliphatic carboxylic acids is 4. The van der Waals surface area contributed by atoms with Crippen molar-refractivity contribution in [1.29, 1.82) is 5.41 Å². The summed E-state index contributed by atoms with van der Waals surface area (Å²) < 4.78 is 0. The van der Waals surface area contributed by atoms with Gasteiger partial charge >= 0.3 is 23.9 Å². The van der Waals surface area contributed by atoms with Crippen molar-refractivity contribution in [3.63, 3.8) is 0 Å². The molecular weight excluding hydrogens is 1420 g/mol. The third kappa shape index (κ3) is 30.4. The Kier molecular flexibility index (Phi) is 35.5. The minimum atomic E-state index is -1.86. The van der Waals surface area contributed by atoms with E-state index >= 15 is 0 Å². The fourth-order valence-electron chi connectivity index (χ4n) is 12.9. The maximum atomic E-state index is 14.9. The van der Waals surface area contributed by atoms with E-state index in [0.717, 1.165) is 19.3 Å². The predicted octanol–water partition coefficient (Wildman–Crippen LogP) is -2.58. The summed E-state index contributed by atoms with van der Waals surface area (Å²) in [7, 11) is 0. The van der Waals surface area contributed by atoms with Crippen molar-refractivity contribution in [2.45, 2.75) is 146 Å². The topological polar surface area (TPSA) is 559 Å². The fraction of sp³-hybridized carbons (Fsp3) is 0.534. The fourth-order valence-corrected chi connectivity index (χ4v) is 12.9. The minimum absolute atomic E-state index is 0.0161. The minimum Gasteiger partial charge on any atom is -0.508 e. The Hall–Kier alpha value is -10.8. The van der Waals surface area contributed by atoms with Gasteiger partial charge in [0.1, 0.15) is 54.1 Å². The van der Waals surface area contributed by atoms with Gasteiger partial charge in [0.2, 0.25) is 53.2 Å². The summed E-state index contributed by atoms with van der Waals surface area (Å²) in [4.78, 5) is 186. The van der Waals surface area contributed by atoms with Crippen LogP contribution in [0.15, 0.2) is 85.1 Å². The standard InChI is InChI=1S/C73H104N16O20/c1-43(2)30-53(66(102)84-57(70(106)86-59(42-91)72(108)109)34-47-36-77-51-17-10-9-16-50(47)51)81-68(104)56(33-46-19-21-49(92)22-20-46)82-65(101)52(18-11-23-76-73(74)75)79-71(107)58(41-90)85-69(105)55(32-45-14-7-4-8-15-45)83-67(103)54(31-44-12-5-3-6-13-44)80-64(100)48(35-61(94)95)37-78-60(93)38-87-24-26-88(39-62(96)97)28-29-89(27-25-87)40-63(98)99/h4,7-10,14-17,19-22,36,43-44,48,52-59,77,90-92H,3,5-6,11-13,18,23-35,37-42H2,1-2H3,(H,78,93)(H,79,107)(H,80,100)(H,81,104)(H,82,101)(H,83,103)(H,84,102)(H,85,105)(H,86,106)(H,94,95)(H,96,97)(H,98,99)(H,108,109)(H4,74,75,76)/t48-,52?,53+,54-,55?,56-,57-,58?,59-/m0/s1. The first-order valence-electron chi connectivity index (χ1n) is 36.4. The van der Waals surface area contributed by atoms with Crippen molar-refractivity contribution in [3.05, 3.63) is 102 Å². The summed E-state index contributed by atoms with van der Waals surface area (Å²) >= 11 is 0. The van der Waals surface area contributed by atoms with Gasteiger partial charge in [-0.25, -0.2) is 4.79 Å². The van der Waals surface area contributed by atoms with Crippen LogP contribution in [0, 0.1) is 23.2 Å². The number of aromatic hydroxyl groups is 1. The number of nitrogens with one attached hydrogen (secondary N) is 12. The predicted molar refractivity (Wildman–Crippen MR) is 394 cm³/mol. The van der Waals surface area contributed by atoms with Crippen LogP contribution in [0.2, 0.25) is 0 Å². The molecule has 36 nitrogen and oxygen atoms in total. The number of para-hydroxylation sites is 1. The van der Waals surface area contributed by atoms with Crippen molar-refractivity contribution < 1.29 is 98.1 Å². The summed E-state index contributed by atoms with van der Waals surface area (Å²) in [6.45, 7) is 1.26. The van der Waals surface area contributed by atoms with Crippen LogP contribution in [0.5, 0.6) is 5.75 Å². The number of rotatable bonds is 43. The lowest BCUT2D eigenvalue weighted by molar-refractivity contribution is -0.143. The quantitative estimate of drug-likeness (QED) is 0.0123. The average molecular weight is 1530 g/mol. The van der Waals surface area contributed by atoms with Crippen LogP contribution >= 0.6 is 0 Å². The van der Waals surface area contributed by atoms with Gasteiger partial charge in [0.05, 0.1) is 45.2 Å². The van der Waals surface area contributed by atoms with Crippen molar-refractivity contribution in [2.24, 2.45) is 23.5 Å². The molecule has 596 valence electrons. The van der Waals surface area contributed by atoms with Crippen molar-refractivity contribution in [2.75, 3.05) is 85.2 Å². The van der Waals surface area contributed by atoms with Gasteiger partial charge in [-0.2, -0.15) is 0 Å². The molecule has 9 atom stereocenters. The van der Waals surface area contributed by atoms with E-state index in [0.29, 0.717) is 40.4 Å². The summed E-state index contributed by atoms with van der Waals surface area (Å²) in [6.07, 6.45) is 3.66. The molecule has 6 rings (SSSR count). The molecule has 3 unspecified atom stereocenters. The largest absolute Gasteiger partial charge is 0.508 e. The lowest BCUT2D eigenvalue weighted by Crippen LogP contribution is -2.61. The Morgan fingerprint density at radius 2 is 0.972 bits per heavy atom. The molecule has 4 aromatic rings. The number of hydrogen-bond acceptors (Lipinski definition) is 20. The highest BCUT2D eigenvalue weighted by Crippen LogP contribution is 2.28. The van der Waals surface area contributed by atoms with E-state index in [-0.39, 0.29) is 128 Å². The highest BCUT2D eigenvalue weighted by molar-refractivity contribution is 5.99. The lowest BCUT2D eigenvalue weighted by Gasteiger charge is -2.30. The molecule has 1 saturated heterocycles. The van der Waals surface area contributed by atoms with E-state index in [9.17, 15) is 98.1 Å². The molecule has 36 heteroatoms. The molecule has 21 N–H and O–H groups in total. The SMILES string of the molecule is CC(C)C[C@@H](NC(=O)[C@H](Cc1ccc(O)cc1)NC(=O)C(CCCNC(=N)N)NC(=O)C(CO)NC(=O)C(Cc1ccccc1)NC(=O)[C@H](CC1CCCCC1)NC(=O)[C@H](CNC(=O)CN1CCN(CC(=O)O)CCN(CC(=O)O)CC1)CC(=O)O)C(=O)N[C@@H](Cc1c[nH]c2ccccc12)C(=O)N[C@@H](CO)C(=O)O. The van der Waals surface area contributed by atoms with Gasteiger partial charge in [-0.1, -0.05) is 107 Å². The Balaban J connectivity index is 1.22. The number of carbonyl (C=O) groups is 13. The first-order chi connectivity index (χ1) is 52.0. The Morgan fingerprint density at radius 1 is 0.514 bits per heavy atom. The maximum Gasteiger partial charge on any atom is 0.328 e. The average Bonchev–Trinajstić information content (AvgIpc) is 1.73. The van der Waals surface area contributed by atoms with Crippen LogP contribution in [0.4, 0.5) is 0 Å². The van der Waals surface area contributed by atoms with E-state index < -0.39 is 163 Å². The van der Waals surface area contributed by atoms with E-state index in [2.05, 4.69) is 58.2 Å². The van der Waals surface area contributed by atoms with Crippen LogP contribution in [-0.4, -0.2) is 272 Å². The van der Waals surface area contributed by atoms with Gasteiger partial charge in [-0.15, -0.1) is 0 Å². The number of H-pyrrole nitrogens is 1. The van der Waals surface area contributed by atoms with E-state index in [1.54, 1.807) is 89.3 Å². The van der Waals surface area contributed by atoms with Crippen LogP contribution in [0.25, 0.3) is 10.9 Å². The molecule has 109 heavy (non-hydrogen) atoms. The zero-order valence-electron chi connectivity index (χ0n) is 61.2. The molecule has 1 aromatic heterocycles. The number of aliphatic hydroxyl groups excluding tert-OH is 2. The second-order valence-electron chi connectivity index (χ2n) is 27.9. The van der Waals surface area contributed by atoms with E-state index in [1.807, 2.05) is 0 Å². The molecule has 0 spiro atoms. The van der Waals surface area contributed by atoms with Gasteiger partial charge in [0.25, 0.3) is 0 Å². The van der Waals surface area contributed by atoms with Gasteiger partial charge in [0, 0.05) is 88.7 Å². The van der Waals surface area contributed by atoms with Crippen LogP contribution < -0.4 is 58.9 Å². The summed E-state index contributed by atoms with van der Waals surface area (Å²) in [5.41, 5.74) is 7.67. The van der Waals surface area contributed by atoms with Crippen molar-refractivity contribution >= 4 is 93.9 Å². The Labute approximate surface area is 629 Å². The zero-order valence-corrected chi connectivity index (χ0v) is 61.2. The second kappa shape index (κ2) is 44.5. The number of amides is 9. The maximum absolute atomic E-state index is 14.9. The molecule has 1 aliphatic carbocycles. The van der Waals surface area contributed by atoms with Crippen LogP contribution in [-0.2, 0) is 81.6 Å². The number of carbonyl (C=O) groups excluding carboxylic acids is 9.